The van der Waals surface area contributed by atoms with E-state index in [4.69, 9.17) is 4.74 Å². The Hall–Kier alpha value is -1.18. The molecule has 88 valence electrons. The molecule has 1 aromatic rings. The van der Waals surface area contributed by atoms with E-state index in [2.05, 4.69) is 44.3 Å². The molecule has 0 aliphatic heterocycles. The van der Waals surface area contributed by atoms with E-state index in [9.17, 15) is 0 Å². The van der Waals surface area contributed by atoms with Crippen LogP contribution >= 0.6 is 0 Å². The van der Waals surface area contributed by atoms with Crippen molar-refractivity contribution in [3.05, 3.63) is 23.8 Å². The summed E-state index contributed by atoms with van der Waals surface area (Å²) < 4.78 is 5.83. The second kappa shape index (κ2) is 4.00. The molecule has 0 heterocycles. The highest BCUT2D eigenvalue weighted by Crippen LogP contribution is 2.34. The molecule has 1 aliphatic carbocycles. The first-order chi connectivity index (χ1) is 7.50. The van der Waals surface area contributed by atoms with Gasteiger partial charge in [-0.15, -0.1) is 0 Å². The number of nitrogens with one attached hydrogen (secondary N) is 1. The number of hydrogen-bond acceptors (Lipinski definition) is 2. The highest BCUT2D eigenvalue weighted by molar-refractivity contribution is 5.56. The molecular weight excluding hydrogens is 198 g/mol. The van der Waals surface area contributed by atoms with Crippen molar-refractivity contribution in [3.8, 4) is 5.75 Å². The molecule has 1 fully saturated rings. The monoisotopic (exact) mass is 219 g/mol. The van der Waals surface area contributed by atoms with E-state index in [1.54, 1.807) is 0 Å². The Morgan fingerprint density at radius 3 is 2.44 bits per heavy atom. The zero-order valence-corrected chi connectivity index (χ0v) is 10.6. The first kappa shape index (κ1) is 11.3. The van der Waals surface area contributed by atoms with E-state index in [0.717, 1.165) is 5.75 Å². The summed E-state index contributed by atoms with van der Waals surface area (Å²) in [5.74, 6) is 1.01. The summed E-state index contributed by atoms with van der Waals surface area (Å²) in [4.78, 5) is 0. The first-order valence-electron chi connectivity index (χ1n) is 5.99. The molecule has 0 atom stereocenters. The summed E-state index contributed by atoms with van der Waals surface area (Å²) in [6.45, 7) is 6.68. The van der Waals surface area contributed by atoms with Crippen LogP contribution in [-0.2, 0) is 5.41 Å². The lowest BCUT2D eigenvalue weighted by molar-refractivity contribution is 0.302. The molecule has 1 aliphatic rings. The molecular formula is C14H21NO. The van der Waals surface area contributed by atoms with Crippen LogP contribution in [0.25, 0.3) is 0 Å². The Morgan fingerprint density at radius 1 is 1.25 bits per heavy atom. The summed E-state index contributed by atoms with van der Waals surface area (Å²) in [5.41, 5.74) is 2.64. The molecule has 2 rings (SSSR count). The largest absolute Gasteiger partial charge is 0.490 e. The molecule has 16 heavy (non-hydrogen) atoms. The molecule has 0 radical (unpaired) electrons. The molecule has 0 bridgehead atoms. The topological polar surface area (TPSA) is 21.3 Å². The first-order valence-corrected chi connectivity index (χ1v) is 5.99. The van der Waals surface area contributed by atoms with Crippen LogP contribution in [0.5, 0.6) is 5.75 Å². The quantitative estimate of drug-likeness (QED) is 0.839. The maximum absolute atomic E-state index is 5.83. The minimum absolute atomic E-state index is 0.140. The Labute approximate surface area is 98.0 Å². The summed E-state index contributed by atoms with van der Waals surface area (Å²) >= 11 is 0. The van der Waals surface area contributed by atoms with Gasteiger partial charge in [-0.05, 0) is 42.0 Å². The van der Waals surface area contributed by atoms with E-state index >= 15 is 0 Å². The van der Waals surface area contributed by atoms with Gasteiger partial charge in [0, 0.05) is 12.7 Å². The fourth-order valence-electron chi connectivity index (χ4n) is 1.81. The van der Waals surface area contributed by atoms with Gasteiger partial charge in [0.1, 0.15) is 5.75 Å². The maximum Gasteiger partial charge on any atom is 0.120 e. The van der Waals surface area contributed by atoms with Crippen molar-refractivity contribution in [2.75, 3.05) is 12.4 Å². The van der Waals surface area contributed by atoms with Crippen LogP contribution in [0.2, 0.25) is 0 Å². The van der Waals surface area contributed by atoms with E-state index in [-0.39, 0.29) is 5.41 Å². The summed E-state index contributed by atoms with van der Waals surface area (Å²) in [7, 11) is 1.96. The normalized spacial score (nSPS) is 16.0. The minimum atomic E-state index is 0.140. The van der Waals surface area contributed by atoms with Crippen LogP contribution < -0.4 is 10.1 Å². The fraction of sp³-hybridized carbons (Fsp3) is 0.571. The van der Waals surface area contributed by atoms with Gasteiger partial charge in [-0.3, -0.25) is 0 Å². The predicted octanol–water partition coefficient (Wildman–Crippen LogP) is 3.57. The predicted molar refractivity (Wildman–Crippen MR) is 68.3 cm³/mol. The lowest BCUT2D eigenvalue weighted by Crippen LogP contribution is -2.14. The van der Waals surface area contributed by atoms with Gasteiger partial charge in [-0.25, -0.2) is 0 Å². The second-order valence-corrected chi connectivity index (χ2v) is 5.52. The van der Waals surface area contributed by atoms with E-state index in [1.165, 1.54) is 24.1 Å². The maximum atomic E-state index is 5.83. The van der Waals surface area contributed by atoms with Crippen LogP contribution in [0.4, 0.5) is 5.69 Å². The van der Waals surface area contributed by atoms with E-state index in [0.29, 0.717) is 6.10 Å². The Balaban J connectivity index is 2.29. The van der Waals surface area contributed by atoms with Gasteiger partial charge in [0.15, 0.2) is 0 Å². The summed E-state index contributed by atoms with van der Waals surface area (Å²) in [6, 6.07) is 6.34. The van der Waals surface area contributed by atoms with Crippen LogP contribution in [0.1, 0.15) is 39.2 Å². The van der Waals surface area contributed by atoms with Crippen molar-refractivity contribution in [2.45, 2.75) is 45.1 Å². The van der Waals surface area contributed by atoms with Crippen LogP contribution in [0, 0.1) is 0 Å². The molecule has 0 saturated heterocycles. The highest BCUT2D eigenvalue weighted by atomic mass is 16.5. The number of ether oxygens (including phenoxy) is 1. The molecule has 1 N–H and O–H groups in total. The van der Waals surface area contributed by atoms with Crippen LogP contribution in [0.3, 0.4) is 0 Å². The fourth-order valence-corrected chi connectivity index (χ4v) is 1.81. The molecule has 2 nitrogen and oxygen atoms in total. The van der Waals surface area contributed by atoms with Gasteiger partial charge >= 0.3 is 0 Å². The number of benzene rings is 1. The standard InChI is InChI=1S/C14H21NO/c1-14(2,3)12-9-11(16-10-5-6-10)7-8-13(12)15-4/h7-10,15H,5-6H2,1-4H3. The third kappa shape index (κ3) is 2.49. The Bertz CT molecular complexity index is 375. The van der Waals surface area contributed by atoms with Crippen molar-refractivity contribution in [3.63, 3.8) is 0 Å². The van der Waals surface area contributed by atoms with Gasteiger partial charge in [0.25, 0.3) is 0 Å². The zero-order chi connectivity index (χ0) is 11.8. The number of hydrogen-bond donors (Lipinski definition) is 1. The SMILES string of the molecule is CNc1ccc(OC2CC2)cc1C(C)(C)C. The molecule has 1 saturated carbocycles. The third-order valence-electron chi connectivity index (χ3n) is 2.90. The Kier molecular flexibility index (Phi) is 2.83. The molecule has 0 unspecified atom stereocenters. The van der Waals surface area contributed by atoms with Crippen molar-refractivity contribution < 1.29 is 4.74 Å². The smallest absolute Gasteiger partial charge is 0.120 e. The average molecular weight is 219 g/mol. The average Bonchev–Trinajstić information content (AvgIpc) is 3.00. The summed E-state index contributed by atoms with van der Waals surface area (Å²) in [5, 5.41) is 3.24. The van der Waals surface area contributed by atoms with Crippen molar-refractivity contribution in [1.29, 1.82) is 0 Å². The van der Waals surface area contributed by atoms with Gasteiger partial charge in [-0.1, -0.05) is 20.8 Å². The zero-order valence-electron chi connectivity index (χ0n) is 10.6. The van der Waals surface area contributed by atoms with Crippen molar-refractivity contribution in [2.24, 2.45) is 0 Å². The van der Waals surface area contributed by atoms with Crippen molar-refractivity contribution in [1.82, 2.24) is 0 Å². The number of rotatable bonds is 3. The molecule has 0 amide bonds. The van der Waals surface area contributed by atoms with E-state index < -0.39 is 0 Å². The Morgan fingerprint density at radius 2 is 1.94 bits per heavy atom. The minimum Gasteiger partial charge on any atom is -0.490 e. The van der Waals surface area contributed by atoms with Gasteiger partial charge in [-0.2, -0.15) is 0 Å². The molecule has 1 aromatic carbocycles. The number of anilines is 1. The van der Waals surface area contributed by atoms with Gasteiger partial charge in [0.05, 0.1) is 6.10 Å². The van der Waals surface area contributed by atoms with E-state index in [1.807, 2.05) is 7.05 Å². The van der Waals surface area contributed by atoms with Crippen LogP contribution in [0.15, 0.2) is 18.2 Å². The lowest BCUT2D eigenvalue weighted by atomic mass is 9.85. The molecule has 2 heteroatoms. The highest BCUT2D eigenvalue weighted by Gasteiger charge is 2.25. The third-order valence-corrected chi connectivity index (χ3v) is 2.90. The van der Waals surface area contributed by atoms with Crippen molar-refractivity contribution >= 4 is 5.69 Å². The van der Waals surface area contributed by atoms with Crippen LogP contribution in [-0.4, -0.2) is 13.2 Å². The van der Waals surface area contributed by atoms with Gasteiger partial charge < -0.3 is 10.1 Å². The van der Waals surface area contributed by atoms with Gasteiger partial charge in [0.2, 0.25) is 0 Å². The lowest BCUT2D eigenvalue weighted by Gasteiger charge is -2.23. The summed E-state index contributed by atoms with van der Waals surface area (Å²) in [6.07, 6.45) is 2.88. The molecule has 0 aromatic heterocycles. The second-order valence-electron chi connectivity index (χ2n) is 5.52. The molecule has 0 spiro atoms.